The Morgan fingerprint density at radius 3 is 2.75 bits per heavy atom. The molecular weight excluding hydrogens is 316 g/mol. The summed E-state index contributed by atoms with van der Waals surface area (Å²) >= 11 is 0. The number of rotatable bonds is 3. The van der Waals surface area contributed by atoms with Gasteiger partial charge in [0.2, 0.25) is 0 Å². The summed E-state index contributed by atoms with van der Waals surface area (Å²) in [5, 5.41) is 41.9. The van der Waals surface area contributed by atoms with Gasteiger partial charge in [0, 0.05) is 25.0 Å². The van der Waals surface area contributed by atoms with Crippen LogP contribution in [0.15, 0.2) is 11.2 Å². The predicted molar refractivity (Wildman–Crippen MR) is 84.9 cm³/mol. The molecular formula is C14H20N6O4. The van der Waals surface area contributed by atoms with Gasteiger partial charge in [0.15, 0.2) is 17.9 Å². The van der Waals surface area contributed by atoms with Crippen LogP contribution in [0.2, 0.25) is 0 Å². The van der Waals surface area contributed by atoms with Gasteiger partial charge in [0.1, 0.15) is 23.8 Å². The van der Waals surface area contributed by atoms with Gasteiger partial charge in [-0.25, -0.2) is 9.67 Å². The van der Waals surface area contributed by atoms with Crippen LogP contribution in [0.3, 0.4) is 0 Å². The zero-order valence-corrected chi connectivity index (χ0v) is 13.3. The first kappa shape index (κ1) is 16.6. The standard InChI is InChI=1S/C14H20N6O4/c1-3-17-13-8-6(11(15)18-19(13)2)4-20(12(8)16)14-10(23)9(22)7(5-21)24-14/h3-4,7,9-10,14,16,21-23H,5H2,1-2H3,(H2,15,18)/t7-,9-,10?,14-/m1/s1. The maximum absolute atomic E-state index is 10.2. The van der Waals surface area contributed by atoms with Crippen molar-refractivity contribution < 1.29 is 20.1 Å². The second-order valence-electron chi connectivity index (χ2n) is 5.62. The van der Waals surface area contributed by atoms with E-state index in [1.807, 2.05) is 0 Å². The normalized spacial score (nSPS) is 27.5. The Bertz CT molecular complexity index is 813. The molecule has 1 unspecified atom stereocenters. The van der Waals surface area contributed by atoms with Gasteiger partial charge in [0.05, 0.1) is 12.2 Å². The minimum absolute atomic E-state index is 0.0186. The van der Waals surface area contributed by atoms with E-state index in [0.717, 1.165) is 0 Å². The molecule has 10 nitrogen and oxygen atoms in total. The molecule has 0 aliphatic carbocycles. The number of aliphatic hydroxyl groups excluding tert-OH is 3. The van der Waals surface area contributed by atoms with Crippen LogP contribution in [0.25, 0.3) is 11.1 Å². The van der Waals surface area contributed by atoms with E-state index < -0.39 is 31.1 Å². The van der Waals surface area contributed by atoms with E-state index in [-0.39, 0.29) is 11.3 Å². The van der Waals surface area contributed by atoms with Crippen molar-refractivity contribution in [1.29, 1.82) is 5.41 Å². The highest BCUT2D eigenvalue weighted by molar-refractivity contribution is 5.82. The van der Waals surface area contributed by atoms with E-state index in [9.17, 15) is 15.3 Å². The van der Waals surface area contributed by atoms with Crippen molar-refractivity contribution in [2.45, 2.75) is 31.5 Å². The van der Waals surface area contributed by atoms with Gasteiger partial charge >= 0.3 is 0 Å². The number of hydrogen-bond donors (Lipinski definition) is 5. The smallest absolute Gasteiger partial charge is 0.164 e. The number of aromatic nitrogens is 3. The molecule has 24 heavy (non-hydrogen) atoms. The number of ether oxygens (including phenoxy) is 1. The van der Waals surface area contributed by atoms with Crippen LogP contribution in [0.1, 0.15) is 13.2 Å². The predicted octanol–water partition coefficient (Wildman–Crippen LogP) is -1.28. The van der Waals surface area contributed by atoms with Crippen molar-refractivity contribution in [3.05, 3.63) is 11.7 Å². The van der Waals surface area contributed by atoms with Crippen LogP contribution in [0.4, 0.5) is 11.6 Å². The lowest BCUT2D eigenvalue weighted by Crippen LogP contribution is -2.34. The number of anilines is 1. The van der Waals surface area contributed by atoms with E-state index >= 15 is 0 Å². The molecule has 0 aromatic rings. The lowest BCUT2D eigenvalue weighted by molar-refractivity contribution is -0.0542. The molecule has 0 aromatic heterocycles. The Hall–Kier alpha value is -2.27. The van der Waals surface area contributed by atoms with Crippen LogP contribution >= 0.6 is 0 Å². The highest BCUT2D eigenvalue weighted by Crippen LogP contribution is 2.35. The zero-order chi connectivity index (χ0) is 17.6. The van der Waals surface area contributed by atoms with Crippen LogP contribution < -0.4 is 11.2 Å². The third-order valence-corrected chi connectivity index (χ3v) is 4.14. The Labute approximate surface area is 137 Å². The number of nitrogen functional groups attached to an aromatic ring is 1. The van der Waals surface area contributed by atoms with E-state index in [1.165, 1.54) is 15.4 Å². The minimum atomic E-state index is -1.28. The number of aryl methyl sites for hydroxylation is 1. The van der Waals surface area contributed by atoms with Crippen LogP contribution in [-0.4, -0.2) is 60.8 Å². The number of aliphatic hydroxyl groups is 3. The molecule has 0 radical (unpaired) electrons. The summed E-state index contributed by atoms with van der Waals surface area (Å²) in [5.41, 5.74) is 6.92. The number of fused-ring (bicyclic) bond motifs is 1. The summed E-state index contributed by atoms with van der Waals surface area (Å²) in [6.45, 7) is 1.31. The monoisotopic (exact) mass is 336 g/mol. The molecule has 0 bridgehead atoms. The fraction of sp³-hybridized carbons (Fsp3) is 0.500. The van der Waals surface area contributed by atoms with Gasteiger partial charge in [-0.05, 0) is 6.92 Å². The van der Waals surface area contributed by atoms with Crippen molar-refractivity contribution >= 4 is 17.9 Å². The maximum atomic E-state index is 10.2. The lowest BCUT2D eigenvalue weighted by atomic mass is 10.1. The van der Waals surface area contributed by atoms with Crippen LogP contribution in [0, 0.1) is 5.41 Å². The van der Waals surface area contributed by atoms with Gasteiger partial charge in [-0.15, -0.1) is 0 Å². The molecule has 1 saturated heterocycles. The van der Waals surface area contributed by atoms with Crippen molar-refractivity contribution in [3.8, 4) is 11.1 Å². The van der Waals surface area contributed by atoms with E-state index in [4.69, 9.17) is 15.9 Å². The van der Waals surface area contributed by atoms with E-state index in [0.29, 0.717) is 16.9 Å². The summed E-state index contributed by atoms with van der Waals surface area (Å²) in [7, 11) is 1.67. The third kappa shape index (κ3) is 2.31. The Morgan fingerprint density at radius 1 is 1.46 bits per heavy atom. The largest absolute Gasteiger partial charge is 0.394 e. The molecule has 3 aliphatic rings. The summed E-state index contributed by atoms with van der Waals surface area (Å²) < 4.78 is 8.32. The molecule has 0 aromatic carbocycles. The molecule has 6 N–H and O–H groups in total. The SMILES string of the molecule is CC=Nc1c2c(=N)n([C@@H]3O[C@H](CO)[C@@H](O)C3O)cc-2c(N)nn1C. The molecule has 0 spiro atoms. The van der Waals surface area contributed by atoms with E-state index in [2.05, 4.69) is 10.1 Å². The molecule has 4 atom stereocenters. The molecule has 3 aliphatic heterocycles. The van der Waals surface area contributed by atoms with Gasteiger partial charge < -0.3 is 30.4 Å². The first-order valence-corrected chi connectivity index (χ1v) is 7.43. The summed E-state index contributed by atoms with van der Waals surface area (Å²) in [4.78, 5) is 4.24. The highest BCUT2D eigenvalue weighted by atomic mass is 16.6. The fourth-order valence-electron chi connectivity index (χ4n) is 2.95. The van der Waals surface area contributed by atoms with Gasteiger partial charge in [-0.1, -0.05) is 0 Å². The van der Waals surface area contributed by atoms with Crippen LogP contribution in [-0.2, 0) is 11.8 Å². The molecule has 0 amide bonds. The van der Waals surface area contributed by atoms with Gasteiger partial charge in [-0.3, -0.25) is 5.41 Å². The first-order chi connectivity index (χ1) is 11.4. The Kier molecular flexibility index (Phi) is 4.13. The quantitative estimate of drug-likeness (QED) is 0.440. The average Bonchev–Trinajstić information content (AvgIpc) is 3.03. The summed E-state index contributed by atoms with van der Waals surface area (Å²) in [6, 6.07) is 0. The first-order valence-electron chi connectivity index (χ1n) is 7.43. The van der Waals surface area contributed by atoms with E-state index in [1.54, 1.807) is 20.2 Å². The van der Waals surface area contributed by atoms with Gasteiger partial charge in [-0.2, -0.15) is 5.10 Å². The molecule has 3 heterocycles. The number of nitrogens with zero attached hydrogens (tertiary/aromatic N) is 4. The Morgan fingerprint density at radius 2 is 2.17 bits per heavy atom. The number of nitrogens with one attached hydrogen (secondary N) is 1. The average molecular weight is 336 g/mol. The number of aliphatic imine (C=N–C) groups is 1. The lowest BCUT2D eigenvalue weighted by Gasteiger charge is -2.16. The maximum Gasteiger partial charge on any atom is 0.164 e. The second kappa shape index (κ2) is 5.98. The summed E-state index contributed by atoms with van der Waals surface area (Å²) in [6.07, 6.45) is -1.35. The Balaban J connectivity index is 2.20. The number of hydrogen-bond acceptors (Lipinski definition) is 8. The molecule has 3 rings (SSSR count). The van der Waals surface area contributed by atoms with Crippen molar-refractivity contribution in [2.24, 2.45) is 12.0 Å². The van der Waals surface area contributed by atoms with Crippen molar-refractivity contribution in [3.63, 3.8) is 0 Å². The summed E-state index contributed by atoms with van der Waals surface area (Å²) in [5.74, 6) is 0.652. The van der Waals surface area contributed by atoms with Crippen LogP contribution in [0.5, 0.6) is 0 Å². The molecule has 130 valence electrons. The number of nitrogens with two attached hydrogens (primary N) is 1. The molecule has 1 fully saturated rings. The zero-order valence-electron chi connectivity index (χ0n) is 13.3. The molecule has 0 saturated carbocycles. The van der Waals surface area contributed by atoms with Crippen molar-refractivity contribution in [2.75, 3.05) is 12.3 Å². The molecule has 10 heteroatoms. The second-order valence-corrected chi connectivity index (χ2v) is 5.62. The minimum Gasteiger partial charge on any atom is -0.394 e. The van der Waals surface area contributed by atoms with Gasteiger partial charge in [0.25, 0.3) is 0 Å². The third-order valence-electron chi connectivity index (χ3n) is 4.14. The topological polar surface area (TPSA) is 155 Å². The highest BCUT2D eigenvalue weighted by Gasteiger charge is 2.44. The van der Waals surface area contributed by atoms with Crippen molar-refractivity contribution in [1.82, 2.24) is 14.3 Å². The fourth-order valence-corrected chi connectivity index (χ4v) is 2.95.